The quantitative estimate of drug-likeness (QED) is 0.610. The molecular weight excluding hydrogens is 328 g/mol. The fraction of sp³-hybridized carbons (Fsp3) is 0.200. The molecule has 0 radical (unpaired) electrons. The van der Waals surface area contributed by atoms with E-state index in [0.29, 0.717) is 24.8 Å². The standard InChI is InChI=1S/C20H22N4O2/c1-3-25-17-9-5-15(6-10-17)21-19-13-14-20(24-23-19)22-16-7-11-18(12-8-16)26-4-2/h5-14H,3-4H2,1-2H3,(H,21,23)(H,22,24). The van der Waals surface area contributed by atoms with Crippen LogP contribution in [-0.4, -0.2) is 23.4 Å². The lowest BCUT2D eigenvalue weighted by Crippen LogP contribution is -1.99. The van der Waals surface area contributed by atoms with Gasteiger partial charge in [-0.1, -0.05) is 0 Å². The lowest BCUT2D eigenvalue weighted by molar-refractivity contribution is 0.340. The van der Waals surface area contributed by atoms with Gasteiger partial charge in [0.1, 0.15) is 11.5 Å². The third kappa shape index (κ3) is 4.86. The second-order valence-corrected chi connectivity index (χ2v) is 5.47. The van der Waals surface area contributed by atoms with Gasteiger partial charge in [0.2, 0.25) is 0 Å². The van der Waals surface area contributed by atoms with Gasteiger partial charge in [-0.3, -0.25) is 0 Å². The van der Waals surface area contributed by atoms with Crippen molar-refractivity contribution < 1.29 is 9.47 Å². The van der Waals surface area contributed by atoms with Crippen LogP contribution < -0.4 is 20.1 Å². The maximum Gasteiger partial charge on any atom is 0.153 e. The molecule has 2 aromatic carbocycles. The van der Waals surface area contributed by atoms with Gasteiger partial charge in [-0.25, -0.2) is 0 Å². The Hall–Kier alpha value is -3.28. The first-order chi connectivity index (χ1) is 12.8. The van der Waals surface area contributed by atoms with Crippen molar-refractivity contribution in [2.45, 2.75) is 13.8 Å². The SMILES string of the molecule is CCOc1ccc(Nc2ccc(Nc3ccc(OCC)cc3)nn2)cc1. The Balaban J connectivity index is 1.59. The number of anilines is 4. The van der Waals surface area contributed by atoms with E-state index in [1.54, 1.807) is 0 Å². The second kappa shape index (κ2) is 8.71. The lowest BCUT2D eigenvalue weighted by Gasteiger charge is -2.09. The summed E-state index contributed by atoms with van der Waals surface area (Å²) < 4.78 is 10.9. The zero-order valence-electron chi connectivity index (χ0n) is 14.9. The molecule has 2 N–H and O–H groups in total. The molecule has 0 aliphatic carbocycles. The Morgan fingerprint density at radius 3 is 1.31 bits per heavy atom. The number of benzene rings is 2. The zero-order valence-corrected chi connectivity index (χ0v) is 14.9. The van der Waals surface area contributed by atoms with Gasteiger partial charge in [0.05, 0.1) is 13.2 Å². The van der Waals surface area contributed by atoms with Crippen LogP contribution in [0.1, 0.15) is 13.8 Å². The molecule has 0 saturated carbocycles. The molecule has 0 bridgehead atoms. The van der Waals surface area contributed by atoms with Crippen LogP contribution in [0, 0.1) is 0 Å². The molecule has 0 unspecified atom stereocenters. The number of nitrogens with one attached hydrogen (secondary N) is 2. The van der Waals surface area contributed by atoms with Crippen LogP contribution in [-0.2, 0) is 0 Å². The Morgan fingerprint density at radius 1 is 0.615 bits per heavy atom. The Labute approximate surface area is 153 Å². The third-order valence-electron chi connectivity index (χ3n) is 3.54. The average Bonchev–Trinajstić information content (AvgIpc) is 2.67. The van der Waals surface area contributed by atoms with Gasteiger partial charge in [-0.2, -0.15) is 0 Å². The van der Waals surface area contributed by atoms with E-state index in [2.05, 4.69) is 20.8 Å². The van der Waals surface area contributed by atoms with Crippen molar-refractivity contribution in [3.05, 3.63) is 60.7 Å². The van der Waals surface area contributed by atoms with Crippen molar-refractivity contribution in [2.24, 2.45) is 0 Å². The van der Waals surface area contributed by atoms with Crippen LogP contribution in [0.3, 0.4) is 0 Å². The summed E-state index contributed by atoms with van der Waals surface area (Å²) in [5.41, 5.74) is 1.85. The van der Waals surface area contributed by atoms with Gasteiger partial charge in [0.15, 0.2) is 11.6 Å². The largest absolute Gasteiger partial charge is 0.494 e. The highest BCUT2D eigenvalue weighted by Gasteiger charge is 2.01. The van der Waals surface area contributed by atoms with E-state index in [-0.39, 0.29) is 0 Å². The summed E-state index contributed by atoms with van der Waals surface area (Å²) in [7, 11) is 0. The first-order valence-corrected chi connectivity index (χ1v) is 8.60. The van der Waals surface area contributed by atoms with E-state index >= 15 is 0 Å². The molecule has 26 heavy (non-hydrogen) atoms. The molecule has 0 saturated heterocycles. The molecule has 0 atom stereocenters. The first kappa shape index (κ1) is 17.5. The molecule has 0 fully saturated rings. The van der Waals surface area contributed by atoms with Crippen molar-refractivity contribution in [3.8, 4) is 11.5 Å². The maximum atomic E-state index is 5.43. The number of aromatic nitrogens is 2. The minimum absolute atomic E-state index is 0.654. The lowest BCUT2D eigenvalue weighted by atomic mass is 10.3. The Bertz CT molecular complexity index is 732. The predicted octanol–water partition coefficient (Wildman–Crippen LogP) is 4.76. The minimum Gasteiger partial charge on any atom is -0.494 e. The van der Waals surface area contributed by atoms with Crippen molar-refractivity contribution in [2.75, 3.05) is 23.8 Å². The molecular formula is C20H22N4O2. The number of nitrogens with zero attached hydrogens (tertiary/aromatic N) is 2. The summed E-state index contributed by atoms with van der Waals surface area (Å²) in [6.45, 7) is 5.23. The summed E-state index contributed by atoms with van der Waals surface area (Å²) in [6, 6.07) is 19.2. The summed E-state index contributed by atoms with van der Waals surface area (Å²) in [5, 5.41) is 14.8. The molecule has 6 heteroatoms. The summed E-state index contributed by atoms with van der Waals surface area (Å²) in [6.07, 6.45) is 0. The monoisotopic (exact) mass is 350 g/mol. The first-order valence-electron chi connectivity index (χ1n) is 8.60. The number of hydrogen-bond acceptors (Lipinski definition) is 6. The molecule has 0 amide bonds. The Kier molecular flexibility index (Phi) is 5.88. The Morgan fingerprint density at radius 2 is 1.00 bits per heavy atom. The van der Waals surface area contributed by atoms with Gasteiger partial charge in [0, 0.05) is 11.4 Å². The van der Waals surface area contributed by atoms with E-state index in [4.69, 9.17) is 9.47 Å². The van der Waals surface area contributed by atoms with Crippen LogP contribution in [0.4, 0.5) is 23.0 Å². The van der Waals surface area contributed by atoms with Crippen LogP contribution in [0.15, 0.2) is 60.7 Å². The van der Waals surface area contributed by atoms with Crippen LogP contribution in [0.25, 0.3) is 0 Å². The van der Waals surface area contributed by atoms with Gasteiger partial charge in [-0.05, 0) is 74.5 Å². The summed E-state index contributed by atoms with van der Waals surface area (Å²) in [4.78, 5) is 0. The second-order valence-electron chi connectivity index (χ2n) is 5.47. The average molecular weight is 350 g/mol. The van der Waals surface area contributed by atoms with E-state index < -0.39 is 0 Å². The highest BCUT2D eigenvalue weighted by atomic mass is 16.5. The van der Waals surface area contributed by atoms with Crippen LogP contribution in [0.5, 0.6) is 11.5 Å². The predicted molar refractivity (Wildman–Crippen MR) is 104 cm³/mol. The van der Waals surface area contributed by atoms with Gasteiger partial charge >= 0.3 is 0 Å². The molecule has 6 nitrogen and oxygen atoms in total. The molecule has 1 heterocycles. The van der Waals surface area contributed by atoms with Crippen molar-refractivity contribution in [1.82, 2.24) is 10.2 Å². The summed E-state index contributed by atoms with van der Waals surface area (Å²) in [5.74, 6) is 3.04. The van der Waals surface area contributed by atoms with Crippen molar-refractivity contribution in [3.63, 3.8) is 0 Å². The van der Waals surface area contributed by atoms with Crippen molar-refractivity contribution >= 4 is 23.0 Å². The summed E-state index contributed by atoms with van der Waals surface area (Å²) >= 11 is 0. The smallest absolute Gasteiger partial charge is 0.153 e. The highest BCUT2D eigenvalue weighted by molar-refractivity contribution is 5.60. The molecule has 134 valence electrons. The maximum absolute atomic E-state index is 5.43. The third-order valence-corrected chi connectivity index (χ3v) is 3.54. The molecule has 0 spiro atoms. The van der Waals surface area contributed by atoms with Gasteiger partial charge in [0.25, 0.3) is 0 Å². The molecule has 3 aromatic rings. The number of ether oxygens (including phenoxy) is 2. The van der Waals surface area contributed by atoms with Crippen LogP contribution in [0.2, 0.25) is 0 Å². The van der Waals surface area contributed by atoms with Crippen molar-refractivity contribution in [1.29, 1.82) is 0 Å². The highest BCUT2D eigenvalue weighted by Crippen LogP contribution is 2.21. The van der Waals surface area contributed by atoms with E-state index in [0.717, 1.165) is 22.9 Å². The van der Waals surface area contributed by atoms with Gasteiger partial charge in [-0.15, -0.1) is 10.2 Å². The normalized spacial score (nSPS) is 10.2. The molecule has 1 aromatic heterocycles. The van der Waals surface area contributed by atoms with E-state index in [9.17, 15) is 0 Å². The van der Waals surface area contributed by atoms with Crippen LogP contribution >= 0.6 is 0 Å². The molecule has 0 aliphatic rings. The fourth-order valence-electron chi connectivity index (χ4n) is 2.36. The molecule has 0 aliphatic heterocycles. The number of hydrogen-bond donors (Lipinski definition) is 2. The molecule has 3 rings (SSSR count). The zero-order chi connectivity index (χ0) is 18.2. The van der Waals surface area contributed by atoms with E-state index in [1.165, 1.54) is 0 Å². The fourth-order valence-corrected chi connectivity index (χ4v) is 2.36. The minimum atomic E-state index is 0.654. The van der Waals surface area contributed by atoms with E-state index in [1.807, 2.05) is 74.5 Å². The number of rotatable bonds is 8. The topological polar surface area (TPSA) is 68.3 Å². The van der Waals surface area contributed by atoms with Gasteiger partial charge < -0.3 is 20.1 Å².